The van der Waals surface area contributed by atoms with Crippen molar-refractivity contribution in [2.24, 2.45) is 4.99 Å². The van der Waals surface area contributed by atoms with Crippen LogP contribution in [0.4, 0.5) is 5.82 Å². The first-order valence-electron chi connectivity index (χ1n) is 13.9. The van der Waals surface area contributed by atoms with Crippen LogP contribution in [0.25, 0.3) is 0 Å². The van der Waals surface area contributed by atoms with E-state index < -0.39 is 47.3 Å². The number of amides is 1. The molecule has 0 saturated carbocycles. The maximum Gasteiger partial charge on any atom is 0.695 e. The van der Waals surface area contributed by atoms with Crippen molar-refractivity contribution >= 4 is 34.6 Å². The van der Waals surface area contributed by atoms with Gasteiger partial charge in [0, 0.05) is 10.1 Å². The van der Waals surface area contributed by atoms with Crippen molar-refractivity contribution in [3.8, 4) is 0 Å². The number of hydrogen-bond donors (Lipinski definition) is 4. The number of anilines is 1. The van der Waals surface area contributed by atoms with Gasteiger partial charge in [0.2, 0.25) is 8.32 Å². The second-order valence-corrected chi connectivity index (χ2v) is 17.3. The van der Waals surface area contributed by atoms with Gasteiger partial charge < -0.3 is 25.9 Å². The van der Waals surface area contributed by atoms with E-state index in [1.165, 1.54) is 6.34 Å². The smallest absolute Gasteiger partial charge is 0.406 e. The molecule has 2 aliphatic heterocycles. The molecule has 0 bridgehead atoms. The third-order valence-electron chi connectivity index (χ3n) is 8.03. The van der Waals surface area contributed by atoms with Crippen molar-refractivity contribution < 1.29 is 27.9 Å². The van der Waals surface area contributed by atoms with E-state index >= 15 is 0 Å². The van der Waals surface area contributed by atoms with E-state index in [1.807, 2.05) is 17.6 Å². The highest BCUT2D eigenvalue weighted by Gasteiger charge is 2.56. The molecule has 1 saturated heterocycles. The molecule has 0 radical (unpaired) electrons. The third kappa shape index (κ3) is 6.46. The first-order valence-corrected chi connectivity index (χ1v) is 17.1. The minimum Gasteiger partial charge on any atom is -0.406 e. The highest BCUT2D eigenvalue weighted by Crippen LogP contribution is 2.49. The summed E-state index contributed by atoms with van der Waals surface area (Å²) in [6.07, 6.45) is 0.436. The molecular formula is C27H44N6O6PSi+. The van der Waals surface area contributed by atoms with Gasteiger partial charge in [0.1, 0.15) is 17.6 Å². The Balaban J connectivity index is 0.00000462. The molecule has 2 aliphatic rings. The van der Waals surface area contributed by atoms with E-state index in [0.717, 1.165) is 0 Å². The Bertz CT molecular complexity index is 1200. The summed E-state index contributed by atoms with van der Waals surface area (Å²) in [5, 5.41) is 6.09. The fourth-order valence-electron chi connectivity index (χ4n) is 6.32. The topological polar surface area (TPSA) is 171 Å². The number of aliphatic imine (C=N–C) groups is 1. The van der Waals surface area contributed by atoms with Crippen molar-refractivity contribution in [2.45, 2.75) is 102 Å². The number of hydrogen-bond acceptors (Lipinski definition) is 9. The molecular weight excluding hydrogens is 563 g/mol. The maximum absolute atomic E-state index is 12.9. The molecule has 1 aromatic heterocycles. The fourth-order valence-corrected chi connectivity index (χ4v) is 12.3. The molecule has 12 nitrogen and oxygen atoms in total. The quantitative estimate of drug-likeness (QED) is 0.181. The van der Waals surface area contributed by atoms with Gasteiger partial charge in [0.15, 0.2) is 18.5 Å². The van der Waals surface area contributed by atoms with Gasteiger partial charge in [-0.25, -0.2) is 9.98 Å². The van der Waals surface area contributed by atoms with Gasteiger partial charge in [-0.1, -0.05) is 66.7 Å². The van der Waals surface area contributed by atoms with Crippen LogP contribution in [0.2, 0.25) is 16.6 Å². The number of fused-ring (bicyclic) bond motifs is 1. The molecule has 41 heavy (non-hydrogen) atoms. The van der Waals surface area contributed by atoms with Crippen LogP contribution >= 0.6 is 8.25 Å². The Labute approximate surface area is 243 Å². The molecule has 3 heterocycles. The summed E-state index contributed by atoms with van der Waals surface area (Å²) in [4.78, 5) is 31.7. The fraction of sp³-hybridized carbons (Fsp3) is 0.593. The highest BCUT2D eigenvalue weighted by molar-refractivity contribution is 7.32. The molecule has 14 heteroatoms. The SMILES string of the molecule is CC[C@H]1O[C@@H](n2cnc3c2NC=NC3NC(=O)c2ccccc2)[C@H](O[Si](C(C)C)(C(C)C)C(C)C)[C@H]1O[P+](=O)O.N. The number of imidazole rings is 1. The zero-order chi connectivity index (χ0) is 29.2. The largest absolute Gasteiger partial charge is 0.695 e. The summed E-state index contributed by atoms with van der Waals surface area (Å²) in [6.45, 7) is 15.1. The number of ether oxygens (including phenoxy) is 1. The van der Waals surface area contributed by atoms with Crippen LogP contribution < -0.4 is 16.8 Å². The second kappa shape index (κ2) is 13.6. The first-order chi connectivity index (χ1) is 19.0. The number of nitrogens with zero attached hydrogens (tertiary/aromatic N) is 3. The lowest BCUT2D eigenvalue weighted by Gasteiger charge is -2.45. The Morgan fingerprint density at radius 1 is 1.15 bits per heavy atom. The minimum absolute atomic E-state index is 0. The van der Waals surface area contributed by atoms with Crippen molar-refractivity contribution in [1.29, 1.82) is 0 Å². The third-order valence-corrected chi connectivity index (χ3v) is 14.5. The predicted octanol–water partition coefficient (Wildman–Crippen LogP) is 5.83. The first kappa shape index (κ1) is 33.0. The van der Waals surface area contributed by atoms with Crippen LogP contribution in [-0.2, 0) is 18.3 Å². The Morgan fingerprint density at radius 2 is 1.78 bits per heavy atom. The summed E-state index contributed by atoms with van der Waals surface area (Å²) in [5.41, 5.74) is 1.87. The number of nitrogens with one attached hydrogen (secondary N) is 2. The molecule has 0 aliphatic carbocycles. The predicted molar refractivity (Wildman–Crippen MR) is 161 cm³/mol. The van der Waals surface area contributed by atoms with Gasteiger partial charge in [-0.05, 0) is 35.2 Å². The average Bonchev–Trinajstić information content (AvgIpc) is 3.48. The summed E-state index contributed by atoms with van der Waals surface area (Å²) in [7, 11) is -5.35. The standard InChI is InChI=1S/C27H40N5O6PSi.H3N/c1-8-20-22(37-39(34)35)23(38-40(16(2)3,17(4)5)18(6)7)27(36-20)32-15-30-21-24(28-14-29-25(21)32)31-26(33)19-12-10-9-11-13-19;/h9-18,20,22-24,27H,8H2,1-7H3,(H2-,28,29,31,33,34,35);1H3/p+1/t20-,22+,23-,24?,27-;/m1./s1. The zero-order valence-corrected chi connectivity index (χ0v) is 26.7. The Morgan fingerprint density at radius 3 is 2.34 bits per heavy atom. The molecule has 4 rings (SSSR count). The van der Waals surface area contributed by atoms with Gasteiger partial charge in [-0.2, -0.15) is 0 Å². The maximum atomic E-state index is 12.9. The van der Waals surface area contributed by atoms with Gasteiger partial charge in [0.25, 0.3) is 5.91 Å². The van der Waals surface area contributed by atoms with Crippen LogP contribution in [0.15, 0.2) is 41.7 Å². The van der Waals surface area contributed by atoms with E-state index in [2.05, 4.69) is 62.2 Å². The molecule has 1 amide bonds. The van der Waals surface area contributed by atoms with Crippen LogP contribution in [-0.4, -0.2) is 53.3 Å². The highest BCUT2D eigenvalue weighted by atomic mass is 31.1. The molecule has 2 aromatic rings. The number of carbonyl (C=O) groups is 1. The zero-order valence-electron chi connectivity index (χ0n) is 24.9. The summed E-state index contributed by atoms with van der Waals surface area (Å²) >= 11 is 0. The van der Waals surface area contributed by atoms with Crippen molar-refractivity contribution in [3.05, 3.63) is 47.9 Å². The van der Waals surface area contributed by atoms with Crippen LogP contribution in [0, 0.1) is 0 Å². The van der Waals surface area contributed by atoms with Crippen molar-refractivity contribution in [3.63, 3.8) is 0 Å². The van der Waals surface area contributed by atoms with Crippen molar-refractivity contribution in [2.75, 3.05) is 5.32 Å². The van der Waals surface area contributed by atoms with E-state index in [-0.39, 0.29) is 28.7 Å². The number of rotatable bonds is 11. The van der Waals surface area contributed by atoms with E-state index in [0.29, 0.717) is 23.5 Å². The lowest BCUT2D eigenvalue weighted by atomic mass is 10.1. The normalized spacial score (nSPS) is 24.3. The summed E-state index contributed by atoms with van der Waals surface area (Å²) in [6, 6.07) is 8.92. The van der Waals surface area contributed by atoms with Crippen LogP contribution in [0.3, 0.4) is 0 Å². The van der Waals surface area contributed by atoms with E-state index in [9.17, 15) is 14.3 Å². The van der Waals surface area contributed by atoms with E-state index in [4.69, 9.17) is 13.7 Å². The minimum atomic E-state index is -2.89. The molecule has 6 N–H and O–H groups in total. The number of aromatic nitrogens is 2. The summed E-state index contributed by atoms with van der Waals surface area (Å²) < 4.78 is 33.1. The van der Waals surface area contributed by atoms with Crippen LogP contribution in [0.5, 0.6) is 0 Å². The van der Waals surface area contributed by atoms with E-state index in [1.54, 1.807) is 30.6 Å². The lowest BCUT2D eigenvalue weighted by molar-refractivity contribution is -0.0340. The average molecular weight is 608 g/mol. The van der Waals surface area contributed by atoms with Crippen LogP contribution in [0.1, 0.15) is 83.3 Å². The van der Waals surface area contributed by atoms with Gasteiger partial charge >= 0.3 is 8.25 Å². The molecule has 226 valence electrons. The van der Waals surface area contributed by atoms with Gasteiger partial charge in [-0.15, -0.1) is 9.42 Å². The number of carbonyl (C=O) groups excluding carboxylic acids is 1. The molecule has 1 aromatic carbocycles. The second-order valence-electron chi connectivity index (χ2n) is 11.2. The molecule has 2 unspecified atom stereocenters. The summed E-state index contributed by atoms with van der Waals surface area (Å²) in [5.74, 6) is 0.332. The Kier molecular flexibility index (Phi) is 11.0. The monoisotopic (exact) mass is 607 g/mol. The molecule has 0 spiro atoms. The van der Waals surface area contributed by atoms with Gasteiger partial charge in [-0.3, -0.25) is 9.36 Å². The van der Waals surface area contributed by atoms with Crippen molar-refractivity contribution in [1.82, 2.24) is 21.0 Å². The van der Waals surface area contributed by atoms with Gasteiger partial charge in [0.05, 0.1) is 18.8 Å². The Hall–Kier alpha value is -2.51. The molecule has 6 atom stereocenters. The number of benzene rings is 1. The lowest BCUT2D eigenvalue weighted by Crippen LogP contribution is -2.53. The molecule has 1 fully saturated rings.